The van der Waals surface area contributed by atoms with E-state index in [1.54, 1.807) is 19.1 Å². The van der Waals surface area contributed by atoms with E-state index in [9.17, 15) is 31.2 Å². The van der Waals surface area contributed by atoms with Gasteiger partial charge in [-0.05, 0) is 48.7 Å². The quantitative estimate of drug-likeness (QED) is 0.632. The molecule has 7 nitrogen and oxygen atoms in total. The number of benzene rings is 2. The van der Waals surface area contributed by atoms with Gasteiger partial charge in [0.2, 0.25) is 15.9 Å². The van der Waals surface area contributed by atoms with Gasteiger partial charge in [0.05, 0.1) is 17.6 Å². The molecule has 1 aliphatic rings. The van der Waals surface area contributed by atoms with Crippen molar-refractivity contribution in [3.05, 3.63) is 58.9 Å². The van der Waals surface area contributed by atoms with Gasteiger partial charge in [-0.2, -0.15) is 0 Å². The van der Waals surface area contributed by atoms with Crippen molar-refractivity contribution >= 4 is 33.2 Å². The molecule has 32 heavy (non-hydrogen) atoms. The summed E-state index contributed by atoms with van der Waals surface area (Å²) in [5, 5.41) is 2.15. The second-order valence-electron chi connectivity index (χ2n) is 7.43. The summed E-state index contributed by atoms with van der Waals surface area (Å²) >= 11 is 0. The van der Waals surface area contributed by atoms with Crippen LogP contribution in [0.4, 0.5) is 24.5 Å². The molecule has 0 fully saturated rings. The lowest BCUT2D eigenvalue weighted by molar-refractivity contribution is -0.116. The number of rotatable bonds is 7. The normalized spacial score (nSPS) is 13.1. The number of nitrogens with zero attached hydrogens (tertiary/aromatic N) is 2. The van der Waals surface area contributed by atoms with E-state index in [2.05, 4.69) is 5.32 Å². The number of nitrogens with one attached hydrogen (secondary N) is 1. The van der Waals surface area contributed by atoms with Gasteiger partial charge in [-0.3, -0.25) is 13.9 Å². The first kappa shape index (κ1) is 23.6. The molecule has 0 radical (unpaired) electrons. The van der Waals surface area contributed by atoms with Gasteiger partial charge in [0.25, 0.3) is 5.91 Å². The second kappa shape index (κ2) is 9.19. The molecule has 1 heterocycles. The van der Waals surface area contributed by atoms with Gasteiger partial charge in [-0.25, -0.2) is 21.6 Å². The van der Waals surface area contributed by atoms with Gasteiger partial charge in [-0.1, -0.05) is 6.92 Å². The molecule has 0 aliphatic carbocycles. The Balaban J connectivity index is 1.77. The van der Waals surface area contributed by atoms with Crippen molar-refractivity contribution < 1.29 is 31.2 Å². The molecule has 172 valence electrons. The molecule has 2 amide bonds. The predicted molar refractivity (Wildman–Crippen MR) is 113 cm³/mol. The molecule has 0 saturated heterocycles. The van der Waals surface area contributed by atoms with Crippen molar-refractivity contribution in [2.24, 2.45) is 0 Å². The van der Waals surface area contributed by atoms with E-state index in [1.807, 2.05) is 0 Å². The minimum absolute atomic E-state index is 0.221. The zero-order valence-electron chi connectivity index (χ0n) is 17.5. The summed E-state index contributed by atoms with van der Waals surface area (Å²) in [4.78, 5) is 26.6. The lowest BCUT2D eigenvalue weighted by Gasteiger charge is -2.22. The third kappa shape index (κ3) is 4.87. The Kier molecular flexibility index (Phi) is 6.77. The van der Waals surface area contributed by atoms with Crippen LogP contribution in [0.1, 0.15) is 29.3 Å². The van der Waals surface area contributed by atoms with Crippen LogP contribution in [-0.2, 0) is 21.2 Å². The van der Waals surface area contributed by atoms with E-state index >= 15 is 0 Å². The highest BCUT2D eigenvalue weighted by atomic mass is 32.2. The first-order valence-corrected chi connectivity index (χ1v) is 11.7. The summed E-state index contributed by atoms with van der Waals surface area (Å²) in [6.07, 6.45) is 2.09. The Morgan fingerprint density at radius 3 is 2.50 bits per heavy atom. The zero-order chi connectivity index (χ0) is 23.6. The van der Waals surface area contributed by atoms with Crippen LogP contribution in [0.5, 0.6) is 0 Å². The minimum atomic E-state index is -3.42. The first-order valence-electron chi connectivity index (χ1n) is 9.86. The fraction of sp³-hybridized carbons (Fsp3) is 0.333. The monoisotopic (exact) mass is 469 g/mol. The summed E-state index contributed by atoms with van der Waals surface area (Å²) in [6.45, 7) is 1.88. The number of sulfonamides is 1. The summed E-state index contributed by atoms with van der Waals surface area (Å²) in [5.74, 6) is -5.85. The molecule has 11 heteroatoms. The van der Waals surface area contributed by atoms with E-state index in [0.717, 1.165) is 12.3 Å². The van der Waals surface area contributed by atoms with Crippen LogP contribution in [0.3, 0.4) is 0 Å². The number of hydrogen-bond donors (Lipinski definition) is 1. The molecule has 3 rings (SSSR count). The van der Waals surface area contributed by atoms with E-state index < -0.39 is 51.5 Å². The molecule has 0 unspecified atom stereocenters. The number of fused-ring (bicyclic) bond motifs is 1. The Morgan fingerprint density at radius 1 is 1.12 bits per heavy atom. The average Bonchev–Trinajstić information content (AvgIpc) is 3.17. The summed E-state index contributed by atoms with van der Waals surface area (Å²) in [5.41, 5.74) is 0.958. The highest BCUT2D eigenvalue weighted by Crippen LogP contribution is 2.31. The first-order chi connectivity index (χ1) is 15.0. The number of hydrogen-bond acceptors (Lipinski definition) is 4. The SMILES string of the molecule is CCCN(CC(=O)Nc1ccc(F)c(F)c1F)C(=O)c1ccc2c(c1)CCN2S(C)(=O)=O. The molecular weight excluding hydrogens is 447 g/mol. The largest absolute Gasteiger partial charge is 0.329 e. The summed E-state index contributed by atoms with van der Waals surface area (Å²) in [6, 6.07) is 6.22. The van der Waals surface area contributed by atoms with E-state index in [0.29, 0.717) is 30.2 Å². The van der Waals surface area contributed by atoms with Crippen molar-refractivity contribution in [1.82, 2.24) is 4.90 Å². The maximum Gasteiger partial charge on any atom is 0.254 e. The third-order valence-corrected chi connectivity index (χ3v) is 6.18. The molecule has 2 aromatic rings. The van der Waals surface area contributed by atoms with Crippen molar-refractivity contribution in [1.29, 1.82) is 0 Å². The maximum atomic E-state index is 13.8. The van der Waals surface area contributed by atoms with Gasteiger partial charge in [0, 0.05) is 18.7 Å². The Bertz CT molecular complexity index is 1170. The second-order valence-corrected chi connectivity index (χ2v) is 9.33. The van der Waals surface area contributed by atoms with Crippen LogP contribution < -0.4 is 9.62 Å². The number of carbonyl (C=O) groups excluding carboxylic acids is 2. The van der Waals surface area contributed by atoms with Gasteiger partial charge in [-0.15, -0.1) is 0 Å². The van der Waals surface area contributed by atoms with Crippen LogP contribution in [0.15, 0.2) is 30.3 Å². The Morgan fingerprint density at radius 2 is 1.84 bits per heavy atom. The summed E-state index contributed by atoms with van der Waals surface area (Å²) < 4.78 is 65.3. The number of anilines is 2. The highest BCUT2D eigenvalue weighted by molar-refractivity contribution is 7.92. The topological polar surface area (TPSA) is 86.8 Å². The molecule has 0 saturated carbocycles. The Hall–Kier alpha value is -3.08. The molecular formula is C21H22F3N3O4S. The van der Waals surface area contributed by atoms with Crippen LogP contribution in [-0.4, -0.2) is 51.0 Å². The third-order valence-electron chi connectivity index (χ3n) is 5.00. The fourth-order valence-electron chi connectivity index (χ4n) is 3.54. The van der Waals surface area contributed by atoms with Crippen molar-refractivity contribution in [2.75, 3.05) is 35.5 Å². The smallest absolute Gasteiger partial charge is 0.254 e. The molecule has 1 aliphatic heterocycles. The minimum Gasteiger partial charge on any atom is -0.329 e. The number of carbonyl (C=O) groups is 2. The Labute approximate surface area is 183 Å². The lowest BCUT2D eigenvalue weighted by atomic mass is 10.1. The van der Waals surface area contributed by atoms with E-state index in [1.165, 1.54) is 15.3 Å². The summed E-state index contributed by atoms with van der Waals surface area (Å²) in [7, 11) is -3.42. The van der Waals surface area contributed by atoms with Crippen molar-refractivity contribution in [3.8, 4) is 0 Å². The molecule has 0 aromatic heterocycles. The number of amides is 2. The van der Waals surface area contributed by atoms with E-state index in [-0.39, 0.29) is 18.7 Å². The van der Waals surface area contributed by atoms with Crippen LogP contribution >= 0.6 is 0 Å². The van der Waals surface area contributed by atoms with Gasteiger partial charge in [0.1, 0.15) is 6.54 Å². The molecule has 1 N–H and O–H groups in total. The molecule has 2 aromatic carbocycles. The standard InChI is InChI=1S/C21H22F3N3O4S/c1-3-9-26(12-18(28)25-16-6-5-15(22)19(23)20(16)24)21(29)14-4-7-17-13(11-14)8-10-27(17)32(2,30)31/h4-7,11H,3,8-10,12H2,1-2H3,(H,25,28). The fourth-order valence-corrected chi connectivity index (χ4v) is 4.50. The molecule has 0 atom stereocenters. The van der Waals surface area contributed by atoms with Crippen LogP contribution in [0, 0.1) is 17.5 Å². The maximum absolute atomic E-state index is 13.8. The van der Waals surface area contributed by atoms with Crippen LogP contribution in [0.25, 0.3) is 0 Å². The highest BCUT2D eigenvalue weighted by Gasteiger charge is 2.28. The van der Waals surface area contributed by atoms with Crippen molar-refractivity contribution in [2.45, 2.75) is 19.8 Å². The molecule has 0 spiro atoms. The van der Waals surface area contributed by atoms with E-state index in [4.69, 9.17) is 0 Å². The lowest BCUT2D eigenvalue weighted by Crippen LogP contribution is -2.38. The van der Waals surface area contributed by atoms with Gasteiger partial charge >= 0.3 is 0 Å². The van der Waals surface area contributed by atoms with Gasteiger partial charge in [0.15, 0.2) is 17.5 Å². The zero-order valence-corrected chi connectivity index (χ0v) is 18.3. The van der Waals surface area contributed by atoms with Crippen LogP contribution in [0.2, 0.25) is 0 Å². The average molecular weight is 469 g/mol. The van der Waals surface area contributed by atoms with Gasteiger partial charge < -0.3 is 10.2 Å². The number of halogens is 3. The molecule has 0 bridgehead atoms. The van der Waals surface area contributed by atoms with Crippen molar-refractivity contribution in [3.63, 3.8) is 0 Å². The predicted octanol–water partition coefficient (Wildman–Crippen LogP) is 2.92.